The van der Waals surface area contributed by atoms with E-state index in [1.54, 1.807) is 7.11 Å². The molecule has 1 heterocycles. The van der Waals surface area contributed by atoms with Crippen molar-refractivity contribution >= 4 is 0 Å². The van der Waals surface area contributed by atoms with Gasteiger partial charge in [0.1, 0.15) is 22.9 Å². The van der Waals surface area contributed by atoms with Crippen molar-refractivity contribution in [2.45, 2.75) is 18.6 Å². The number of hydrogen-bond donors (Lipinski definition) is 0. The molecule has 3 rings (SSSR count). The van der Waals surface area contributed by atoms with E-state index in [4.69, 9.17) is 14.2 Å². The van der Waals surface area contributed by atoms with Gasteiger partial charge in [0, 0.05) is 30.7 Å². The van der Waals surface area contributed by atoms with Crippen molar-refractivity contribution in [2.24, 2.45) is 5.92 Å². The maximum absolute atomic E-state index is 14.4. The zero-order valence-corrected chi connectivity index (χ0v) is 16.0. The van der Waals surface area contributed by atoms with E-state index < -0.39 is 47.1 Å². The predicted molar refractivity (Wildman–Crippen MR) is 92.3 cm³/mol. The standard InChI is InChI=1S/C20H17F7O4/c1-28-8-11-9-29-18(30-10-11)12-2-4-13(5-3-12)20(26,27)31-14-6-15(21)17(16(22)7-14)19(23,24)25/h2-7,11,18H,8-10H2,1H3. The molecule has 31 heavy (non-hydrogen) atoms. The maximum Gasteiger partial charge on any atom is 0.426 e. The van der Waals surface area contributed by atoms with Crippen LogP contribution >= 0.6 is 0 Å². The van der Waals surface area contributed by atoms with E-state index in [9.17, 15) is 30.7 Å². The number of rotatable bonds is 6. The Labute approximate surface area is 172 Å². The van der Waals surface area contributed by atoms with Crippen LogP contribution in [0.5, 0.6) is 5.75 Å². The molecule has 170 valence electrons. The summed E-state index contributed by atoms with van der Waals surface area (Å²) in [6.45, 7) is 1.15. The minimum absolute atomic E-state index is 0.0442. The van der Waals surface area contributed by atoms with Crippen molar-refractivity contribution in [1.82, 2.24) is 0 Å². The van der Waals surface area contributed by atoms with Gasteiger partial charge in [0.15, 0.2) is 6.29 Å². The van der Waals surface area contributed by atoms with Crippen LogP contribution in [0, 0.1) is 17.6 Å². The second-order valence-corrected chi connectivity index (χ2v) is 6.82. The highest BCUT2D eigenvalue weighted by molar-refractivity contribution is 5.33. The van der Waals surface area contributed by atoms with Gasteiger partial charge in [-0.25, -0.2) is 8.78 Å². The lowest BCUT2D eigenvalue weighted by atomic mass is 10.1. The number of methoxy groups -OCH3 is 1. The smallest absolute Gasteiger partial charge is 0.426 e. The number of alkyl halides is 5. The van der Waals surface area contributed by atoms with E-state index in [1.807, 2.05) is 0 Å². The normalized spacial score (nSPS) is 20.0. The van der Waals surface area contributed by atoms with Gasteiger partial charge in [-0.3, -0.25) is 0 Å². The van der Waals surface area contributed by atoms with E-state index in [2.05, 4.69) is 4.74 Å². The maximum atomic E-state index is 14.4. The van der Waals surface area contributed by atoms with E-state index in [0.717, 1.165) is 12.1 Å². The summed E-state index contributed by atoms with van der Waals surface area (Å²) in [6.07, 6.45) is -10.2. The van der Waals surface area contributed by atoms with Crippen molar-refractivity contribution in [2.75, 3.05) is 26.9 Å². The summed E-state index contributed by atoms with van der Waals surface area (Å²) in [5.41, 5.74) is -2.43. The second kappa shape index (κ2) is 9.01. The van der Waals surface area contributed by atoms with Gasteiger partial charge in [0.05, 0.1) is 25.4 Å². The van der Waals surface area contributed by atoms with Crippen LogP contribution in [-0.2, 0) is 26.5 Å². The Hall–Kier alpha value is -2.37. The average Bonchev–Trinajstić information content (AvgIpc) is 2.67. The summed E-state index contributed by atoms with van der Waals surface area (Å²) in [4.78, 5) is 0. The zero-order valence-electron chi connectivity index (χ0n) is 16.0. The second-order valence-electron chi connectivity index (χ2n) is 6.82. The summed E-state index contributed by atoms with van der Waals surface area (Å²) in [5, 5.41) is 0. The summed E-state index contributed by atoms with van der Waals surface area (Å²) in [7, 11) is 1.54. The molecule has 0 amide bonds. The van der Waals surface area contributed by atoms with Gasteiger partial charge in [0.25, 0.3) is 0 Å². The van der Waals surface area contributed by atoms with E-state index in [0.29, 0.717) is 25.4 Å². The molecule has 2 aromatic rings. The molecule has 1 aliphatic heterocycles. The first kappa shape index (κ1) is 23.3. The van der Waals surface area contributed by atoms with Gasteiger partial charge < -0.3 is 18.9 Å². The number of hydrogen-bond acceptors (Lipinski definition) is 4. The lowest BCUT2D eigenvalue weighted by molar-refractivity contribution is -0.211. The minimum atomic E-state index is -5.32. The Balaban J connectivity index is 1.71. The van der Waals surface area contributed by atoms with Gasteiger partial charge in [-0.2, -0.15) is 22.0 Å². The molecule has 0 bridgehead atoms. The highest BCUT2D eigenvalue weighted by Crippen LogP contribution is 2.38. The molecule has 0 N–H and O–H groups in total. The SMILES string of the molecule is COCC1COC(c2ccc(C(F)(F)Oc3cc(F)c(C(F)(F)F)c(F)c3)cc2)OC1. The van der Waals surface area contributed by atoms with Crippen molar-refractivity contribution in [3.05, 3.63) is 64.7 Å². The van der Waals surface area contributed by atoms with E-state index >= 15 is 0 Å². The number of ether oxygens (including phenoxy) is 4. The fourth-order valence-corrected chi connectivity index (χ4v) is 2.99. The lowest BCUT2D eigenvalue weighted by Gasteiger charge is -2.29. The molecular weight excluding hydrogens is 437 g/mol. The van der Waals surface area contributed by atoms with Crippen LogP contribution in [0.15, 0.2) is 36.4 Å². The largest absolute Gasteiger partial charge is 0.429 e. The topological polar surface area (TPSA) is 36.9 Å². The molecule has 0 atom stereocenters. The molecule has 0 unspecified atom stereocenters. The van der Waals surface area contributed by atoms with Gasteiger partial charge in [-0.1, -0.05) is 12.1 Å². The van der Waals surface area contributed by atoms with Crippen molar-refractivity contribution in [3.8, 4) is 5.75 Å². The molecule has 1 saturated heterocycles. The Bertz CT molecular complexity index is 868. The van der Waals surface area contributed by atoms with E-state index in [1.165, 1.54) is 12.1 Å². The molecule has 0 spiro atoms. The van der Waals surface area contributed by atoms with Crippen LogP contribution in [0.4, 0.5) is 30.7 Å². The van der Waals surface area contributed by atoms with Crippen molar-refractivity contribution in [3.63, 3.8) is 0 Å². The van der Waals surface area contributed by atoms with Crippen LogP contribution in [0.3, 0.4) is 0 Å². The fourth-order valence-electron chi connectivity index (χ4n) is 2.99. The van der Waals surface area contributed by atoms with Gasteiger partial charge in [-0.15, -0.1) is 0 Å². The Morgan fingerprint density at radius 2 is 1.48 bits per heavy atom. The third kappa shape index (κ3) is 5.46. The molecular formula is C20H17F7O4. The van der Waals surface area contributed by atoms with Crippen LogP contribution < -0.4 is 4.74 Å². The quantitative estimate of drug-likeness (QED) is 0.547. The van der Waals surface area contributed by atoms with Gasteiger partial charge in [-0.05, 0) is 12.1 Å². The molecule has 1 fully saturated rings. The van der Waals surface area contributed by atoms with E-state index in [-0.39, 0.29) is 18.1 Å². The lowest BCUT2D eigenvalue weighted by Crippen LogP contribution is -2.30. The number of halogens is 7. The van der Waals surface area contributed by atoms with Gasteiger partial charge in [0.2, 0.25) is 0 Å². The summed E-state index contributed by atoms with van der Waals surface area (Å²) >= 11 is 0. The average molecular weight is 454 g/mol. The highest BCUT2D eigenvalue weighted by atomic mass is 19.4. The Morgan fingerprint density at radius 1 is 0.935 bits per heavy atom. The third-order valence-corrected chi connectivity index (χ3v) is 4.43. The summed E-state index contributed by atoms with van der Waals surface area (Å²) in [6, 6.07) is 4.66. The molecule has 0 radical (unpaired) electrons. The van der Waals surface area contributed by atoms with Crippen LogP contribution in [0.1, 0.15) is 23.0 Å². The Kier molecular flexibility index (Phi) is 6.77. The first-order valence-corrected chi connectivity index (χ1v) is 8.97. The molecule has 11 heteroatoms. The zero-order chi connectivity index (χ0) is 22.8. The molecule has 4 nitrogen and oxygen atoms in total. The monoisotopic (exact) mass is 454 g/mol. The predicted octanol–water partition coefficient (Wildman–Crippen LogP) is 5.42. The van der Waals surface area contributed by atoms with Crippen LogP contribution in [0.25, 0.3) is 0 Å². The van der Waals surface area contributed by atoms with Crippen molar-refractivity contribution < 1.29 is 49.7 Å². The molecule has 0 aliphatic carbocycles. The van der Waals surface area contributed by atoms with Crippen LogP contribution in [-0.4, -0.2) is 26.9 Å². The summed E-state index contributed by atoms with van der Waals surface area (Å²) in [5.74, 6) is -5.18. The first-order chi connectivity index (χ1) is 14.5. The molecule has 0 aromatic heterocycles. The Morgan fingerprint density at radius 3 is 1.97 bits per heavy atom. The fraction of sp³-hybridized carbons (Fsp3) is 0.400. The number of benzene rings is 2. The minimum Gasteiger partial charge on any atom is -0.429 e. The van der Waals surface area contributed by atoms with Crippen LogP contribution in [0.2, 0.25) is 0 Å². The molecule has 0 saturated carbocycles. The third-order valence-electron chi connectivity index (χ3n) is 4.43. The highest BCUT2D eigenvalue weighted by Gasteiger charge is 2.40. The van der Waals surface area contributed by atoms with Crippen molar-refractivity contribution in [1.29, 1.82) is 0 Å². The first-order valence-electron chi connectivity index (χ1n) is 8.97. The van der Waals surface area contributed by atoms with Gasteiger partial charge >= 0.3 is 12.3 Å². The summed E-state index contributed by atoms with van der Waals surface area (Å²) < 4.78 is 114. The molecule has 2 aromatic carbocycles. The molecule has 1 aliphatic rings.